The van der Waals surface area contributed by atoms with Gasteiger partial charge in [0.2, 0.25) is 0 Å². The van der Waals surface area contributed by atoms with Crippen LogP contribution in [0.2, 0.25) is 0 Å². The minimum absolute atomic E-state index is 0.112. The molecule has 2 aromatic carbocycles. The Morgan fingerprint density at radius 3 is 2.47 bits per heavy atom. The molecule has 158 valence electrons. The van der Waals surface area contributed by atoms with E-state index in [2.05, 4.69) is 0 Å². The normalized spacial score (nSPS) is 19.4. The Hall–Kier alpha value is -2.14. The lowest BCUT2D eigenvalue weighted by atomic mass is 9.88. The fourth-order valence-corrected chi connectivity index (χ4v) is 4.97. The van der Waals surface area contributed by atoms with Crippen molar-refractivity contribution >= 4 is 39.6 Å². The number of benzene rings is 2. The lowest BCUT2D eigenvalue weighted by Gasteiger charge is -2.41. The molecule has 0 saturated carbocycles. The number of para-hydroxylation sites is 1. The largest absolute Gasteiger partial charge is 0.464 e. The molecule has 1 aliphatic rings. The van der Waals surface area contributed by atoms with Crippen LogP contribution < -0.4 is 0 Å². The van der Waals surface area contributed by atoms with Crippen LogP contribution in [0.15, 0.2) is 36.4 Å². The van der Waals surface area contributed by atoms with Gasteiger partial charge in [-0.05, 0) is 59.7 Å². The van der Waals surface area contributed by atoms with Gasteiger partial charge in [-0.3, -0.25) is 4.90 Å². The number of hydrogen-bond acceptors (Lipinski definition) is 2. The quantitative estimate of drug-likeness (QED) is 0.351. The average molecular weight is 532 g/mol. The van der Waals surface area contributed by atoms with Crippen LogP contribution in [0.1, 0.15) is 29.8 Å². The average Bonchev–Trinajstić information content (AvgIpc) is 2.97. The lowest BCUT2D eigenvalue weighted by molar-refractivity contribution is 0.0428. The van der Waals surface area contributed by atoms with Gasteiger partial charge < -0.3 is 5.11 Å². The van der Waals surface area contributed by atoms with Crippen LogP contribution in [-0.4, -0.2) is 39.7 Å². The highest BCUT2D eigenvalue weighted by Crippen LogP contribution is 2.44. The van der Waals surface area contributed by atoms with Crippen LogP contribution in [-0.2, 0) is 6.42 Å². The van der Waals surface area contributed by atoms with Gasteiger partial charge in [0.05, 0.1) is 23.8 Å². The predicted octanol–water partition coefficient (Wildman–Crippen LogP) is 5.65. The fourth-order valence-electron chi connectivity index (χ4n) is 4.42. The first kappa shape index (κ1) is 21.1. The number of fused-ring (bicyclic) bond motifs is 3. The van der Waals surface area contributed by atoms with Crippen LogP contribution in [0.4, 0.5) is 22.4 Å². The summed E-state index contributed by atoms with van der Waals surface area (Å²) in [5.41, 5.74) is 0.654. The van der Waals surface area contributed by atoms with Crippen molar-refractivity contribution in [1.29, 1.82) is 0 Å². The van der Waals surface area contributed by atoms with E-state index in [-0.39, 0.29) is 12.1 Å². The summed E-state index contributed by atoms with van der Waals surface area (Å²) in [6.45, 7) is 0.963. The number of aromatic nitrogens is 1. The minimum atomic E-state index is -2.76. The Bertz CT molecular complexity index is 1120. The van der Waals surface area contributed by atoms with Crippen molar-refractivity contribution in [2.24, 2.45) is 0 Å². The van der Waals surface area contributed by atoms with E-state index in [4.69, 9.17) is 0 Å². The van der Waals surface area contributed by atoms with Crippen molar-refractivity contribution in [3.05, 3.63) is 68.4 Å². The summed E-state index contributed by atoms with van der Waals surface area (Å²) in [5, 5.41) is 10.6. The zero-order valence-corrected chi connectivity index (χ0v) is 17.9. The standard InChI is InChI=1S/C21H17F4IN2O2/c1-10-6-13-12-4-2-3-5-16(12)28(21(29)30)19(13)20(27(10)9-17(24)25)18-14(22)7-11(26)8-15(18)23/h2-5,7-8,10,17,20H,6,9H2,1H3,(H,29,30)/t10-,20-/m1/s1. The molecule has 3 aromatic rings. The second kappa shape index (κ2) is 7.84. The fraction of sp³-hybridized carbons (Fsp3) is 0.286. The minimum Gasteiger partial charge on any atom is -0.464 e. The topological polar surface area (TPSA) is 45.5 Å². The molecule has 0 radical (unpaired) electrons. The molecule has 9 heteroatoms. The SMILES string of the molecule is C[C@@H]1Cc2c(n(C(=O)O)c3ccccc23)[C@@H](c2c(F)cc(I)cc2F)N1CC(F)F. The van der Waals surface area contributed by atoms with E-state index in [9.17, 15) is 18.7 Å². The highest BCUT2D eigenvalue weighted by atomic mass is 127. The molecule has 0 amide bonds. The van der Waals surface area contributed by atoms with Gasteiger partial charge in [0, 0.05) is 20.6 Å². The number of nitrogens with zero attached hydrogens (tertiary/aromatic N) is 2. The monoisotopic (exact) mass is 532 g/mol. The smallest absolute Gasteiger partial charge is 0.416 e. The van der Waals surface area contributed by atoms with E-state index in [1.807, 2.05) is 0 Å². The molecule has 1 N–H and O–H groups in total. The molecule has 0 saturated heterocycles. The molecule has 4 nitrogen and oxygen atoms in total. The van der Waals surface area contributed by atoms with E-state index in [1.165, 1.54) is 4.90 Å². The van der Waals surface area contributed by atoms with Crippen LogP contribution in [0.25, 0.3) is 10.9 Å². The van der Waals surface area contributed by atoms with E-state index in [1.54, 1.807) is 53.8 Å². The van der Waals surface area contributed by atoms with Gasteiger partial charge in [0.15, 0.2) is 0 Å². The van der Waals surface area contributed by atoms with Gasteiger partial charge in [0.1, 0.15) is 11.6 Å². The summed E-state index contributed by atoms with van der Waals surface area (Å²) in [6, 6.07) is 7.18. The number of carbonyl (C=O) groups is 1. The number of halogens is 5. The first-order chi connectivity index (χ1) is 14.2. The predicted molar refractivity (Wildman–Crippen MR) is 112 cm³/mol. The van der Waals surface area contributed by atoms with Gasteiger partial charge in [-0.2, -0.15) is 0 Å². The second-order valence-corrected chi connectivity index (χ2v) is 8.57. The maximum atomic E-state index is 15.0. The van der Waals surface area contributed by atoms with E-state index in [0.717, 1.165) is 16.7 Å². The van der Waals surface area contributed by atoms with Gasteiger partial charge in [-0.15, -0.1) is 0 Å². The van der Waals surface area contributed by atoms with Gasteiger partial charge >= 0.3 is 6.09 Å². The summed E-state index contributed by atoms with van der Waals surface area (Å²) >= 11 is 1.76. The Kier molecular flexibility index (Phi) is 5.52. The zero-order chi connectivity index (χ0) is 21.7. The van der Waals surface area contributed by atoms with Gasteiger partial charge in [-0.25, -0.2) is 26.9 Å². The molecule has 1 aromatic heterocycles. The third kappa shape index (κ3) is 3.37. The first-order valence-electron chi connectivity index (χ1n) is 9.24. The van der Waals surface area contributed by atoms with Crippen molar-refractivity contribution in [1.82, 2.24) is 9.47 Å². The molecule has 0 aliphatic carbocycles. The molecule has 0 bridgehead atoms. The Labute approximate surface area is 183 Å². The number of carboxylic acid groups (broad SMARTS) is 1. The second-order valence-electron chi connectivity index (χ2n) is 7.33. The summed E-state index contributed by atoms with van der Waals surface area (Å²) in [4.78, 5) is 13.5. The van der Waals surface area contributed by atoms with Crippen molar-refractivity contribution in [2.45, 2.75) is 31.9 Å². The van der Waals surface area contributed by atoms with Gasteiger partial charge in [0.25, 0.3) is 6.43 Å². The zero-order valence-electron chi connectivity index (χ0n) is 15.8. The van der Waals surface area contributed by atoms with Crippen molar-refractivity contribution in [3.63, 3.8) is 0 Å². The number of alkyl halides is 2. The Morgan fingerprint density at radius 1 is 1.23 bits per heavy atom. The maximum absolute atomic E-state index is 15.0. The molecule has 2 heterocycles. The third-order valence-corrected chi connectivity index (χ3v) is 6.16. The molecule has 1 aliphatic heterocycles. The number of rotatable bonds is 3. The van der Waals surface area contributed by atoms with E-state index in [0.29, 0.717) is 20.0 Å². The third-order valence-electron chi connectivity index (χ3n) is 5.53. The molecule has 0 fully saturated rings. The first-order valence-corrected chi connectivity index (χ1v) is 10.3. The molecular formula is C21H17F4IN2O2. The summed E-state index contributed by atoms with van der Waals surface area (Å²) in [7, 11) is 0. The highest BCUT2D eigenvalue weighted by Gasteiger charge is 2.42. The van der Waals surface area contributed by atoms with Crippen molar-refractivity contribution in [2.75, 3.05) is 6.54 Å². The van der Waals surface area contributed by atoms with E-state index < -0.39 is 48.3 Å². The van der Waals surface area contributed by atoms with Crippen molar-refractivity contribution in [3.8, 4) is 0 Å². The van der Waals surface area contributed by atoms with Crippen LogP contribution in [0.5, 0.6) is 0 Å². The number of hydrogen-bond donors (Lipinski definition) is 1. The molecular weight excluding hydrogens is 515 g/mol. The Morgan fingerprint density at radius 2 is 1.87 bits per heavy atom. The van der Waals surface area contributed by atoms with Crippen LogP contribution in [0, 0.1) is 15.2 Å². The molecule has 2 atom stereocenters. The molecule has 0 spiro atoms. The summed E-state index contributed by atoms with van der Waals surface area (Å²) in [6.07, 6.45) is -3.81. The van der Waals surface area contributed by atoms with Crippen LogP contribution in [0.3, 0.4) is 0 Å². The molecule has 0 unspecified atom stereocenters. The van der Waals surface area contributed by atoms with Gasteiger partial charge in [-0.1, -0.05) is 18.2 Å². The van der Waals surface area contributed by atoms with E-state index >= 15 is 8.78 Å². The van der Waals surface area contributed by atoms with Crippen LogP contribution >= 0.6 is 22.6 Å². The molecule has 30 heavy (non-hydrogen) atoms. The Balaban J connectivity index is 2.09. The molecule has 4 rings (SSSR count). The summed E-state index contributed by atoms with van der Waals surface area (Å²) in [5.74, 6) is -1.79. The lowest BCUT2D eigenvalue weighted by Crippen LogP contribution is -2.46. The van der Waals surface area contributed by atoms with Crippen molar-refractivity contribution < 1.29 is 27.5 Å². The summed E-state index contributed by atoms with van der Waals surface area (Å²) < 4.78 is 58.2. The maximum Gasteiger partial charge on any atom is 0.416 e. The highest BCUT2D eigenvalue weighted by molar-refractivity contribution is 14.1.